The summed E-state index contributed by atoms with van der Waals surface area (Å²) in [5.41, 5.74) is 7.95. The molecule has 2 aromatic rings. The summed E-state index contributed by atoms with van der Waals surface area (Å²) in [5, 5.41) is 0.835. The molecule has 0 bridgehead atoms. The van der Waals surface area contributed by atoms with Crippen molar-refractivity contribution in [3.8, 4) is 5.75 Å². The third-order valence-electron chi connectivity index (χ3n) is 3.07. The fraction of sp³-hybridized carbons (Fsp3) is 0.294. The summed E-state index contributed by atoms with van der Waals surface area (Å²) >= 11 is 7.95. The third kappa shape index (κ3) is 5.62. The van der Waals surface area contributed by atoms with E-state index >= 15 is 0 Å². The van der Waals surface area contributed by atoms with Gasteiger partial charge in [-0.05, 0) is 42.3 Å². The van der Waals surface area contributed by atoms with Crippen LogP contribution in [0.1, 0.15) is 11.1 Å². The highest BCUT2D eigenvalue weighted by molar-refractivity contribution is 7.98. The summed E-state index contributed by atoms with van der Waals surface area (Å²) in [6.07, 6.45) is 0.911. The molecule has 0 fully saturated rings. The first-order chi connectivity index (χ1) is 10.3. The predicted octanol–water partition coefficient (Wildman–Crippen LogP) is 4.15. The van der Waals surface area contributed by atoms with Crippen LogP contribution < -0.4 is 10.5 Å². The molecule has 2 rings (SSSR count). The van der Waals surface area contributed by atoms with Gasteiger partial charge in [0.25, 0.3) is 0 Å². The Balaban J connectivity index is 1.66. The molecular weight excluding hydrogens is 302 g/mol. The standard InChI is InChI=1S/C17H20ClNOS/c18-17-4-2-1-3-15(17)13-21-12-11-20-16-7-5-14(6-8-16)9-10-19/h1-8H,9-13,19H2. The van der Waals surface area contributed by atoms with Gasteiger partial charge in [-0.1, -0.05) is 41.9 Å². The van der Waals surface area contributed by atoms with Gasteiger partial charge in [-0.3, -0.25) is 0 Å². The zero-order valence-electron chi connectivity index (χ0n) is 11.9. The van der Waals surface area contributed by atoms with E-state index in [1.165, 1.54) is 11.1 Å². The fourth-order valence-electron chi connectivity index (χ4n) is 1.94. The molecule has 0 aliphatic rings. The number of nitrogens with two attached hydrogens (primary N) is 1. The minimum atomic E-state index is 0.679. The maximum absolute atomic E-state index is 6.12. The van der Waals surface area contributed by atoms with Crippen molar-refractivity contribution in [2.45, 2.75) is 12.2 Å². The van der Waals surface area contributed by atoms with Crippen LogP contribution in [-0.2, 0) is 12.2 Å². The summed E-state index contributed by atoms with van der Waals surface area (Å²) in [6, 6.07) is 16.1. The Hall–Kier alpha value is -1.16. The van der Waals surface area contributed by atoms with Gasteiger partial charge in [-0.25, -0.2) is 0 Å². The average molecular weight is 322 g/mol. The molecule has 0 aliphatic heterocycles. The van der Waals surface area contributed by atoms with Crippen molar-refractivity contribution >= 4 is 23.4 Å². The van der Waals surface area contributed by atoms with Crippen molar-refractivity contribution < 1.29 is 4.74 Å². The lowest BCUT2D eigenvalue weighted by Crippen LogP contribution is -2.03. The molecule has 21 heavy (non-hydrogen) atoms. The molecule has 4 heteroatoms. The number of benzene rings is 2. The van der Waals surface area contributed by atoms with Crippen LogP contribution in [-0.4, -0.2) is 18.9 Å². The van der Waals surface area contributed by atoms with Crippen LogP contribution in [0, 0.1) is 0 Å². The minimum Gasteiger partial charge on any atom is -0.493 e. The number of halogens is 1. The van der Waals surface area contributed by atoms with Crippen molar-refractivity contribution in [2.75, 3.05) is 18.9 Å². The van der Waals surface area contributed by atoms with E-state index in [-0.39, 0.29) is 0 Å². The molecule has 0 spiro atoms. The first-order valence-electron chi connectivity index (χ1n) is 7.02. The molecule has 0 amide bonds. The second-order valence-corrected chi connectivity index (χ2v) is 6.19. The number of thioether (sulfide) groups is 1. The molecule has 0 aromatic heterocycles. The van der Waals surface area contributed by atoms with Crippen LogP contribution in [0.4, 0.5) is 0 Å². The van der Waals surface area contributed by atoms with E-state index in [2.05, 4.69) is 18.2 Å². The van der Waals surface area contributed by atoms with E-state index in [9.17, 15) is 0 Å². The van der Waals surface area contributed by atoms with Crippen molar-refractivity contribution in [1.29, 1.82) is 0 Å². The second kappa shape index (κ2) is 8.98. The third-order valence-corrected chi connectivity index (χ3v) is 4.41. The minimum absolute atomic E-state index is 0.679. The molecule has 112 valence electrons. The van der Waals surface area contributed by atoms with Gasteiger partial charge in [0.05, 0.1) is 6.61 Å². The van der Waals surface area contributed by atoms with Gasteiger partial charge in [0, 0.05) is 16.5 Å². The Morgan fingerprint density at radius 3 is 2.52 bits per heavy atom. The number of hydrogen-bond acceptors (Lipinski definition) is 3. The molecule has 2 aromatic carbocycles. The van der Waals surface area contributed by atoms with Crippen LogP contribution >= 0.6 is 23.4 Å². The van der Waals surface area contributed by atoms with Crippen molar-refractivity contribution in [3.63, 3.8) is 0 Å². The van der Waals surface area contributed by atoms with Gasteiger partial charge in [0.15, 0.2) is 0 Å². The Labute approximate surface area is 135 Å². The molecular formula is C17H20ClNOS. The Morgan fingerprint density at radius 2 is 1.81 bits per heavy atom. The van der Waals surface area contributed by atoms with Crippen LogP contribution in [0.2, 0.25) is 5.02 Å². The number of hydrogen-bond donors (Lipinski definition) is 1. The van der Waals surface area contributed by atoms with Crippen LogP contribution in [0.25, 0.3) is 0 Å². The summed E-state index contributed by atoms with van der Waals surface area (Å²) in [5.74, 6) is 2.77. The van der Waals surface area contributed by atoms with E-state index in [0.717, 1.165) is 28.7 Å². The highest BCUT2D eigenvalue weighted by Gasteiger charge is 1.99. The lowest BCUT2D eigenvalue weighted by molar-refractivity contribution is 0.344. The summed E-state index contributed by atoms with van der Waals surface area (Å²) in [7, 11) is 0. The topological polar surface area (TPSA) is 35.2 Å². The molecule has 0 aliphatic carbocycles. The normalized spacial score (nSPS) is 10.6. The van der Waals surface area contributed by atoms with Crippen molar-refractivity contribution in [2.24, 2.45) is 5.73 Å². The SMILES string of the molecule is NCCc1ccc(OCCSCc2ccccc2Cl)cc1. The smallest absolute Gasteiger partial charge is 0.119 e. The second-order valence-electron chi connectivity index (χ2n) is 4.68. The first kappa shape index (κ1) is 16.2. The highest BCUT2D eigenvalue weighted by Crippen LogP contribution is 2.21. The van der Waals surface area contributed by atoms with Crippen LogP contribution in [0.5, 0.6) is 5.75 Å². The lowest BCUT2D eigenvalue weighted by atomic mass is 10.1. The maximum atomic E-state index is 6.12. The molecule has 0 saturated carbocycles. The summed E-state index contributed by atoms with van der Waals surface area (Å²) < 4.78 is 5.72. The Bertz CT molecular complexity index is 545. The zero-order valence-corrected chi connectivity index (χ0v) is 13.5. The molecule has 0 heterocycles. The van der Waals surface area contributed by atoms with Crippen LogP contribution in [0.15, 0.2) is 48.5 Å². The van der Waals surface area contributed by atoms with Gasteiger partial charge < -0.3 is 10.5 Å². The van der Waals surface area contributed by atoms with E-state index < -0.39 is 0 Å². The number of rotatable bonds is 8. The summed E-state index contributed by atoms with van der Waals surface area (Å²) in [4.78, 5) is 0. The molecule has 0 atom stereocenters. The average Bonchev–Trinajstić information content (AvgIpc) is 2.51. The quantitative estimate of drug-likeness (QED) is 0.742. The van der Waals surface area contributed by atoms with Gasteiger partial charge >= 0.3 is 0 Å². The van der Waals surface area contributed by atoms with E-state index in [4.69, 9.17) is 22.1 Å². The first-order valence-corrected chi connectivity index (χ1v) is 8.56. The van der Waals surface area contributed by atoms with Gasteiger partial charge in [0.2, 0.25) is 0 Å². The van der Waals surface area contributed by atoms with Crippen LogP contribution in [0.3, 0.4) is 0 Å². The van der Waals surface area contributed by atoms with E-state index in [1.54, 1.807) is 0 Å². The lowest BCUT2D eigenvalue weighted by Gasteiger charge is -2.07. The summed E-state index contributed by atoms with van der Waals surface area (Å²) in [6.45, 7) is 1.38. The molecule has 0 unspecified atom stereocenters. The molecule has 0 saturated heterocycles. The number of ether oxygens (including phenoxy) is 1. The predicted molar refractivity (Wildman–Crippen MR) is 92.3 cm³/mol. The highest BCUT2D eigenvalue weighted by atomic mass is 35.5. The molecule has 2 N–H and O–H groups in total. The van der Waals surface area contributed by atoms with E-state index in [1.807, 2.05) is 42.1 Å². The van der Waals surface area contributed by atoms with Gasteiger partial charge in [0.1, 0.15) is 5.75 Å². The molecule has 2 nitrogen and oxygen atoms in total. The largest absolute Gasteiger partial charge is 0.493 e. The van der Waals surface area contributed by atoms with Crippen molar-refractivity contribution in [1.82, 2.24) is 0 Å². The Morgan fingerprint density at radius 1 is 1.05 bits per heavy atom. The fourth-order valence-corrected chi connectivity index (χ4v) is 3.03. The monoisotopic (exact) mass is 321 g/mol. The van der Waals surface area contributed by atoms with E-state index in [0.29, 0.717) is 13.2 Å². The Kier molecular flexibility index (Phi) is 6.93. The zero-order chi connectivity index (χ0) is 14.9. The molecule has 0 radical (unpaired) electrons. The van der Waals surface area contributed by atoms with Crippen molar-refractivity contribution in [3.05, 3.63) is 64.7 Å². The van der Waals surface area contributed by atoms with Gasteiger partial charge in [-0.15, -0.1) is 0 Å². The van der Waals surface area contributed by atoms with Gasteiger partial charge in [-0.2, -0.15) is 11.8 Å². The maximum Gasteiger partial charge on any atom is 0.119 e.